The zero-order valence-electron chi connectivity index (χ0n) is 27.6. The SMILES string of the molecule is COc1ccc([C@@H]2OC[C@@H]3[C@@H]2CO[C@@H]3c2cc(OC)c(O[C@@H]3O[C@@H](CO)[C@@H](O)[C@@H](O)[C@H]3O)c(OC)c2)cc1O[C@H]1O[C@@H](CO)[C@@H](O)[C@@H](O)[C@@H]1O. The Morgan fingerprint density at radius 3 is 1.50 bits per heavy atom. The van der Waals surface area contributed by atoms with Crippen LogP contribution in [-0.4, -0.2) is 150 Å². The number of aliphatic hydroxyl groups is 8. The summed E-state index contributed by atoms with van der Waals surface area (Å²) in [7, 11) is 4.27. The van der Waals surface area contributed by atoms with Crippen LogP contribution in [0.1, 0.15) is 23.3 Å². The van der Waals surface area contributed by atoms with Crippen molar-refractivity contribution in [2.45, 2.75) is 73.6 Å². The van der Waals surface area contributed by atoms with Crippen molar-refractivity contribution in [3.8, 4) is 28.7 Å². The summed E-state index contributed by atoms with van der Waals surface area (Å²) in [5.41, 5.74) is 1.42. The molecule has 0 amide bonds. The molecule has 0 aliphatic carbocycles. The zero-order valence-corrected chi connectivity index (χ0v) is 27.6. The molecule has 0 bridgehead atoms. The van der Waals surface area contributed by atoms with Gasteiger partial charge in [0.25, 0.3) is 0 Å². The molecule has 0 unspecified atom stereocenters. The number of hydrogen-bond acceptors (Lipinski definition) is 17. The van der Waals surface area contributed by atoms with Crippen LogP contribution in [0.4, 0.5) is 0 Å². The molecule has 17 nitrogen and oxygen atoms in total. The number of hydrogen-bond donors (Lipinski definition) is 8. The van der Waals surface area contributed by atoms with E-state index >= 15 is 0 Å². The Morgan fingerprint density at radius 1 is 0.560 bits per heavy atom. The highest BCUT2D eigenvalue weighted by atomic mass is 16.7. The lowest BCUT2D eigenvalue weighted by atomic mass is 9.84. The molecule has 0 spiro atoms. The molecule has 0 saturated carbocycles. The molecule has 8 N–H and O–H groups in total. The van der Waals surface area contributed by atoms with E-state index in [1.807, 2.05) is 6.07 Å². The lowest BCUT2D eigenvalue weighted by Gasteiger charge is -2.39. The van der Waals surface area contributed by atoms with Crippen molar-refractivity contribution in [1.29, 1.82) is 0 Å². The summed E-state index contributed by atoms with van der Waals surface area (Å²) in [5, 5.41) is 80.9. The third kappa shape index (κ3) is 6.69. The molecular formula is C33H44O17. The average molecular weight is 713 g/mol. The zero-order chi connectivity index (χ0) is 35.9. The monoisotopic (exact) mass is 712 g/mol. The second kappa shape index (κ2) is 15.3. The fourth-order valence-electron chi connectivity index (χ4n) is 6.95. The first-order valence-electron chi connectivity index (χ1n) is 16.2. The van der Waals surface area contributed by atoms with E-state index < -0.39 is 86.8 Å². The van der Waals surface area contributed by atoms with Gasteiger partial charge < -0.3 is 83.5 Å². The van der Waals surface area contributed by atoms with Crippen molar-refractivity contribution in [3.05, 3.63) is 41.5 Å². The second-order valence-electron chi connectivity index (χ2n) is 12.6. The highest BCUT2D eigenvalue weighted by molar-refractivity contribution is 5.55. The lowest BCUT2D eigenvalue weighted by Crippen LogP contribution is -2.60. The summed E-state index contributed by atoms with van der Waals surface area (Å²) in [6.45, 7) is -0.551. The van der Waals surface area contributed by atoms with E-state index in [1.54, 1.807) is 24.3 Å². The van der Waals surface area contributed by atoms with Crippen LogP contribution in [-0.2, 0) is 18.9 Å². The summed E-state index contributed by atoms with van der Waals surface area (Å²) in [5.74, 6) is 0.766. The molecule has 17 heteroatoms. The Labute approximate surface area is 287 Å². The van der Waals surface area contributed by atoms with Gasteiger partial charge in [0.1, 0.15) is 48.8 Å². The van der Waals surface area contributed by atoms with Gasteiger partial charge in [-0.2, -0.15) is 0 Å². The van der Waals surface area contributed by atoms with Crippen LogP contribution < -0.4 is 23.7 Å². The number of methoxy groups -OCH3 is 3. The van der Waals surface area contributed by atoms with E-state index in [0.29, 0.717) is 24.5 Å². The Hall–Kier alpha value is -3.04. The predicted molar refractivity (Wildman–Crippen MR) is 166 cm³/mol. The molecule has 14 atom stereocenters. The van der Waals surface area contributed by atoms with E-state index in [0.717, 1.165) is 5.56 Å². The molecule has 278 valence electrons. The van der Waals surface area contributed by atoms with Gasteiger partial charge in [0.2, 0.25) is 18.3 Å². The first-order valence-corrected chi connectivity index (χ1v) is 16.2. The van der Waals surface area contributed by atoms with Crippen molar-refractivity contribution in [3.63, 3.8) is 0 Å². The average Bonchev–Trinajstić information content (AvgIpc) is 3.75. The Kier molecular flexibility index (Phi) is 11.2. The van der Waals surface area contributed by atoms with Crippen molar-refractivity contribution < 1.29 is 83.5 Å². The largest absolute Gasteiger partial charge is 0.493 e. The molecule has 2 aromatic rings. The van der Waals surface area contributed by atoms with Gasteiger partial charge in [-0.25, -0.2) is 0 Å². The maximum Gasteiger partial charge on any atom is 0.229 e. The van der Waals surface area contributed by atoms with Crippen molar-refractivity contribution >= 4 is 0 Å². The van der Waals surface area contributed by atoms with E-state index in [1.165, 1.54) is 21.3 Å². The van der Waals surface area contributed by atoms with Crippen LogP contribution in [0.3, 0.4) is 0 Å². The summed E-state index contributed by atoms with van der Waals surface area (Å²) < 4.78 is 52.1. The van der Waals surface area contributed by atoms with Crippen molar-refractivity contribution in [2.75, 3.05) is 47.8 Å². The van der Waals surface area contributed by atoms with Gasteiger partial charge in [0.15, 0.2) is 23.0 Å². The van der Waals surface area contributed by atoms with Gasteiger partial charge in [0, 0.05) is 11.8 Å². The van der Waals surface area contributed by atoms with E-state index in [4.69, 9.17) is 42.6 Å². The number of ether oxygens (including phenoxy) is 9. The van der Waals surface area contributed by atoms with Gasteiger partial charge in [-0.3, -0.25) is 0 Å². The minimum atomic E-state index is -1.64. The minimum Gasteiger partial charge on any atom is -0.493 e. The van der Waals surface area contributed by atoms with Gasteiger partial charge in [-0.1, -0.05) is 6.07 Å². The maximum absolute atomic E-state index is 10.5. The highest BCUT2D eigenvalue weighted by Gasteiger charge is 2.50. The standard InChI is InChI=1S/C33H44O17/c1-42-17-5-4-13(6-18(17)47-32-27(40)25(38)23(36)21(9-34)48-32)29-15-11-46-30(16(15)12-45-29)14-7-19(43-2)31(20(8-14)44-3)50-33-28(41)26(39)24(37)22(10-35)49-33/h4-8,15-16,21-30,32-41H,9-12H2,1-3H3/t15-,16+,21-,22-,23+,24+,25+,26+,27-,28+,29-,30+,32-,33-/m0/s1. The third-order valence-electron chi connectivity index (χ3n) is 9.77. The molecule has 4 heterocycles. The van der Waals surface area contributed by atoms with Crippen LogP contribution in [0.2, 0.25) is 0 Å². The van der Waals surface area contributed by atoms with Crippen LogP contribution in [0, 0.1) is 11.8 Å². The molecule has 0 radical (unpaired) electrons. The van der Waals surface area contributed by atoms with Crippen LogP contribution >= 0.6 is 0 Å². The third-order valence-corrected chi connectivity index (χ3v) is 9.77. The normalized spacial score (nSPS) is 38.4. The summed E-state index contributed by atoms with van der Waals surface area (Å²) in [6.07, 6.45) is -15.7. The Bertz CT molecular complexity index is 1430. The highest BCUT2D eigenvalue weighted by Crippen LogP contribution is 2.53. The fraction of sp³-hybridized carbons (Fsp3) is 0.636. The van der Waals surface area contributed by atoms with Crippen molar-refractivity contribution in [2.24, 2.45) is 11.8 Å². The molecule has 4 aliphatic heterocycles. The first kappa shape index (κ1) is 36.7. The minimum absolute atomic E-state index is 0.0586. The fourth-order valence-corrected chi connectivity index (χ4v) is 6.95. The number of fused-ring (bicyclic) bond motifs is 1. The molecule has 4 aliphatic rings. The van der Waals surface area contributed by atoms with Crippen LogP contribution in [0.15, 0.2) is 30.3 Å². The topological polar surface area (TPSA) is 245 Å². The number of aliphatic hydroxyl groups excluding tert-OH is 8. The summed E-state index contributed by atoms with van der Waals surface area (Å²) in [4.78, 5) is 0. The van der Waals surface area contributed by atoms with E-state index in [2.05, 4.69) is 0 Å². The number of rotatable bonds is 11. The molecule has 2 aromatic carbocycles. The maximum atomic E-state index is 10.5. The molecule has 4 saturated heterocycles. The Morgan fingerprint density at radius 2 is 1.02 bits per heavy atom. The lowest BCUT2D eigenvalue weighted by molar-refractivity contribution is -0.277. The summed E-state index contributed by atoms with van der Waals surface area (Å²) in [6, 6.07) is 8.56. The molecule has 0 aromatic heterocycles. The van der Waals surface area contributed by atoms with Crippen molar-refractivity contribution in [1.82, 2.24) is 0 Å². The number of benzene rings is 2. The molecular weight excluding hydrogens is 668 g/mol. The van der Waals surface area contributed by atoms with Crippen LogP contribution in [0.5, 0.6) is 28.7 Å². The predicted octanol–water partition coefficient (Wildman–Crippen LogP) is -1.85. The smallest absolute Gasteiger partial charge is 0.229 e. The molecule has 6 rings (SSSR count). The van der Waals surface area contributed by atoms with Gasteiger partial charge in [-0.15, -0.1) is 0 Å². The van der Waals surface area contributed by atoms with Gasteiger partial charge in [-0.05, 0) is 35.4 Å². The Balaban J connectivity index is 1.20. The summed E-state index contributed by atoms with van der Waals surface area (Å²) >= 11 is 0. The molecule has 4 fully saturated rings. The van der Waals surface area contributed by atoms with E-state index in [9.17, 15) is 40.9 Å². The van der Waals surface area contributed by atoms with Gasteiger partial charge in [0.05, 0.1) is 60.0 Å². The molecule has 50 heavy (non-hydrogen) atoms. The van der Waals surface area contributed by atoms with Gasteiger partial charge >= 0.3 is 0 Å². The quantitative estimate of drug-likeness (QED) is 0.127. The first-order chi connectivity index (χ1) is 24.0. The second-order valence-corrected chi connectivity index (χ2v) is 12.6. The van der Waals surface area contributed by atoms with Crippen LogP contribution in [0.25, 0.3) is 0 Å². The van der Waals surface area contributed by atoms with E-state index in [-0.39, 0.29) is 34.8 Å².